The Morgan fingerprint density at radius 3 is 2.14 bits per heavy atom. The topological polar surface area (TPSA) is 23.8 Å². The quantitative estimate of drug-likeness (QED) is 0.467. The van der Waals surface area contributed by atoms with E-state index in [4.69, 9.17) is 17.9 Å². The second-order valence-electron chi connectivity index (χ2n) is 1.96. The lowest BCUT2D eigenvalue weighted by atomic mass is 9.86. The van der Waals surface area contributed by atoms with Gasteiger partial charge in [0.15, 0.2) is 0 Å². The first-order chi connectivity index (χ1) is 3.27. The summed E-state index contributed by atoms with van der Waals surface area (Å²) in [6, 6.07) is 2.09. The van der Waals surface area contributed by atoms with Gasteiger partial charge in [-0.15, -0.1) is 0 Å². The van der Waals surface area contributed by atoms with E-state index in [0.29, 0.717) is 0 Å². The molecule has 7 heavy (non-hydrogen) atoms. The number of hydrogen-bond acceptors (Lipinski definition) is 1. The molecule has 1 saturated carbocycles. The Kier molecular flexibility index (Phi) is 1.01. The van der Waals surface area contributed by atoms with Crippen LogP contribution in [0.25, 0.3) is 0 Å². The van der Waals surface area contributed by atoms with Crippen LogP contribution in [0.4, 0.5) is 0 Å². The Morgan fingerprint density at radius 2 is 2.14 bits per heavy atom. The van der Waals surface area contributed by atoms with Crippen molar-refractivity contribution < 1.29 is 0 Å². The molecule has 1 aliphatic carbocycles. The van der Waals surface area contributed by atoms with E-state index in [-0.39, 0.29) is 4.75 Å². The molecule has 1 nitrogen and oxygen atoms in total. The zero-order valence-electron chi connectivity index (χ0n) is 3.98. The molecule has 1 fully saturated rings. The van der Waals surface area contributed by atoms with Crippen molar-refractivity contribution in [3.05, 3.63) is 0 Å². The summed E-state index contributed by atoms with van der Waals surface area (Å²) in [5.41, 5.74) is 0. The Hall–Kier alpha value is -0.160. The minimum atomic E-state index is -0.347. The van der Waals surface area contributed by atoms with Crippen LogP contribution in [0.3, 0.4) is 0 Å². The predicted octanol–water partition coefficient (Wildman–Crippen LogP) is 1.63. The van der Waals surface area contributed by atoms with Crippen molar-refractivity contribution in [2.24, 2.45) is 0 Å². The van der Waals surface area contributed by atoms with Crippen molar-refractivity contribution in [1.29, 1.82) is 5.26 Å². The van der Waals surface area contributed by atoms with Crippen molar-refractivity contribution in [3.63, 3.8) is 0 Å². The Bertz CT molecular complexity index is 110. The second-order valence-corrected chi connectivity index (χ2v) is 2.74. The molecule has 0 aromatic rings. The van der Waals surface area contributed by atoms with Crippen molar-refractivity contribution in [2.45, 2.75) is 24.0 Å². The largest absolute Gasteiger partial charge is 0.197 e. The van der Waals surface area contributed by atoms with Crippen LogP contribution in [0, 0.1) is 11.3 Å². The molecule has 0 saturated heterocycles. The molecular weight excluding hydrogens is 106 g/mol. The van der Waals surface area contributed by atoms with Crippen LogP contribution in [-0.4, -0.2) is 4.75 Å². The molecule has 0 amide bonds. The zero-order valence-corrected chi connectivity index (χ0v) is 4.79. The molecule has 0 aromatic carbocycles. The van der Waals surface area contributed by atoms with Gasteiger partial charge in [-0.3, -0.25) is 0 Å². The Balaban J connectivity index is 2.48. The average molecular weight is 112 g/mol. The summed E-state index contributed by atoms with van der Waals surface area (Å²) in [7, 11) is 0. The summed E-state index contributed by atoms with van der Waals surface area (Å²) in [4.78, 5) is 0. The molecule has 0 unspecified atom stereocenters. The summed E-state index contributed by atoms with van der Waals surface area (Å²) in [6.07, 6.45) is 3.01. The molecule has 1 rings (SSSR count). The fraction of sp³-hybridized carbons (Fsp3) is 0.800. The summed E-state index contributed by atoms with van der Waals surface area (Å²) in [5, 5.41) is 8.29. The van der Waals surface area contributed by atoms with E-state index in [1.165, 1.54) is 0 Å². The SMILES string of the molecule is N#CC1([S])CCC1. The third-order valence-electron chi connectivity index (χ3n) is 1.36. The maximum atomic E-state index is 8.29. The van der Waals surface area contributed by atoms with E-state index < -0.39 is 0 Å². The monoisotopic (exact) mass is 112 g/mol. The Labute approximate surface area is 48.7 Å². The summed E-state index contributed by atoms with van der Waals surface area (Å²) in [5.74, 6) is 0. The van der Waals surface area contributed by atoms with Crippen molar-refractivity contribution >= 4 is 12.6 Å². The third-order valence-corrected chi connectivity index (χ3v) is 1.86. The number of hydrogen-bond donors (Lipinski definition) is 0. The molecule has 2 heteroatoms. The fourth-order valence-corrected chi connectivity index (χ4v) is 0.898. The van der Waals surface area contributed by atoms with Gasteiger partial charge in [-0.2, -0.15) is 5.26 Å². The van der Waals surface area contributed by atoms with E-state index in [1.807, 2.05) is 0 Å². The van der Waals surface area contributed by atoms with E-state index in [2.05, 4.69) is 6.07 Å². The van der Waals surface area contributed by atoms with E-state index >= 15 is 0 Å². The minimum Gasteiger partial charge on any atom is -0.197 e. The van der Waals surface area contributed by atoms with Gasteiger partial charge < -0.3 is 0 Å². The molecule has 1 aliphatic rings. The van der Waals surface area contributed by atoms with Gasteiger partial charge in [0, 0.05) is 0 Å². The first-order valence-electron chi connectivity index (χ1n) is 2.38. The second kappa shape index (κ2) is 1.41. The van der Waals surface area contributed by atoms with Gasteiger partial charge in [0.1, 0.15) is 4.75 Å². The number of nitriles is 1. The number of rotatable bonds is 0. The highest BCUT2D eigenvalue weighted by atomic mass is 32.1. The van der Waals surface area contributed by atoms with Gasteiger partial charge in [-0.05, 0) is 19.3 Å². The Morgan fingerprint density at radius 1 is 1.57 bits per heavy atom. The molecule has 1 radical (unpaired) electrons. The fourth-order valence-electron chi connectivity index (χ4n) is 0.610. The molecule has 0 aliphatic heterocycles. The van der Waals surface area contributed by atoms with Gasteiger partial charge in [0.05, 0.1) is 6.07 Å². The summed E-state index contributed by atoms with van der Waals surface area (Å²) in [6.45, 7) is 0. The molecule has 37 valence electrons. The third kappa shape index (κ3) is 0.733. The van der Waals surface area contributed by atoms with Gasteiger partial charge in [-0.1, -0.05) is 12.6 Å². The van der Waals surface area contributed by atoms with E-state index in [1.54, 1.807) is 0 Å². The van der Waals surface area contributed by atoms with Crippen LogP contribution in [0.1, 0.15) is 19.3 Å². The van der Waals surface area contributed by atoms with Gasteiger partial charge in [0.25, 0.3) is 0 Å². The predicted molar refractivity (Wildman–Crippen MR) is 29.8 cm³/mol. The highest BCUT2D eigenvalue weighted by Gasteiger charge is 2.33. The van der Waals surface area contributed by atoms with Crippen LogP contribution in [0.15, 0.2) is 0 Å². The molecule has 0 N–H and O–H groups in total. The first kappa shape index (κ1) is 4.99. The molecular formula is C5H6NS. The molecule has 0 atom stereocenters. The van der Waals surface area contributed by atoms with Crippen LogP contribution in [0.2, 0.25) is 0 Å². The minimum absolute atomic E-state index is 0.347. The van der Waals surface area contributed by atoms with Crippen LogP contribution in [0.5, 0.6) is 0 Å². The van der Waals surface area contributed by atoms with Gasteiger partial charge in [-0.25, -0.2) is 0 Å². The van der Waals surface area contributed by atoms with E-state index in [9.17, 15) is 0 Å². The smallest absolute Gasteiger partial charge is 0.113 e. The lowest BCUT2D eigenvalue weighted by molar-refractivity contribution is 0.444. The first-order valence-corrected chi connectivity index (χ1v) is 2.79. The van der Waals surface area contributed by atoms with Crippen molar-refractivity contribution in [2.75, 3.05) is 0 Å². The van der Waals surface area contributed by atoms with Crippen molar-refractivity contribution in [1.82, 2.24) is 0 Å². The van der Waals surface area contributed by atoms with E-state index in [0.717, 1.165) is 19.3 Å². The highest BCUT2D eigenvalue weighted by Crippen LogP contribution is 2.36. The molecule has 0 heterocycles. The average Bonchev–Trinajstić information content (AvgIpc) is 1.61. The highest BCUT2D eigenvalue weighted by molar-refractivity contribution is 7.82. The van der Waals surface area contributed by atoms with Crippen molar-refractivity contribution in [3.8, 4) is 6.07 Å². The maximum Gasteiger partial charge on any atom is 0.113 e. The maximum absolute atomic E-state index is 8.29. The normalized spacial score (nSPS) is 25.1. The lowest BCUT2D eigenvalue weighted by Gasteiger charge is -2.27. The molecule has 0 spiro atoms. The lowest BCUT2D eigenvalue weighted by Crippen LogP contribution is -2.27. The standard InChI is InChI=1S/C5H6NS/c6-4-5(7)2-1-3-5/h1-3H2. The van der Waals surface area contributed by atoms with Gasteiger partial charge in [0.2, 0.25) is 0 Å². The van der Waals surface area contributed by atoms with Crippen LogP contribution < -0.4 is 0 Å². The zero-order chi connectivity index (χ0) is 5.33. The molecule has 0 bridgehead atoms. The number of nitrogens with zero attached hydrogens (tertiary/aromatic N) is 1. The van der Waals surface area contributed by atoms with Gasteiger partial charge >= 0.3 is 0 Å². The summed E-state index contributed by atoms with van der Waals surface area (Å²) >= 11 is 4.87. The molecule has 0 aromatic heterocycles. The van der Waals surface area contributed by atoms with Crippen LogP contribution >= 0.6 is 12.6 Å². The van der Waals surface area contributed by atoms with Crippen LogP contribution in [-0.2, 0) is 0 Å². The summed E-state index contributed by atoms with van der Waals surface area (Å²) < 4.78 is -0.347.